The molecule has 1 saturated heterocycles. The molecule has 1 aromatic rings. The first-order valence-electron chi connectivity index (χ1n) is 8.13. The Labute approximate surface area is 146 Å². The van der Waals surface area contributed by atoms with Crippen molar-refractivity contribution in [1.29, 1.82) is 0 Å². The zero-order valence-corrected chi connectivity index (χ0v) is 15.5. The molecular formula is C17H26N2O4S. The number of carbonyl (C=O) groups excluding carboxylic acids is 1. The summed E-state index contributed by atoms with van der Waals surface area (Å²) in [6.07, 6.45) is -0.735. The van der Waals surface area contributed by atoms with Gasteiger partial charge in [0, 0.05) is 25.0 Å². The molecule has 0 aromatic carbocycles. The van der Waals surface area contributed by atoms with Crippen LogP contribution in [0.3, 0.4) is 0 Å². The van der Waals surface area contributed by atoms with Crippen LogP contribution in [0.15, 0.2) is 10.8 Å². The molecule has 2 atom stereocenters. The van der Waals surface area contributed by atoms with E-state index in [-0.39, 0.29) is 18.5 Å². The highest BCUT2D eigenvalue weighted by Gasteiger charge is 2.38. The Morgan fingerprint density at radius 2 is 2.12 bits per heavy atom. The Morgan fingerprint density at radius 1 is 1.46 bits per heavy atom. The summed E-state index contributed by atoms with van der Waals surface area (Å²) in [4.78, 5) is 26.7. The maximum absolute atomic E-state index is 12.2. The van der Waals surface area contributed by atoms with Gasteiger partial charge in [0.2, 0.25) is 5.91 Å². The molecule has 24 heavy (non-hydrogen) atoms. The number of aryl methyl sites for hydroxylation is 1. The third-order valence-corrected chi connectivity index (χ3v) is 5.44. The number of rotatable bonds is 5. The standard InChI is InChI=1S/C17H26N2O4S/c1-11-9-24-10-12(11)15(21)13-5-6-14(20)18(13)7-8-19(16(22)23)17(2,3)4/h9-10,13,15,21H,5-8H2,1-4H3,(H,22,23)/t13-,15+/m0/s1. The minimum Gasteiger partial charge on any atom is -0.465 e. The van der Waals surface area contributed by atoms with Gasteiger partial charge < -0.3 is 20.0 Å². The Kier molecular flexibility index (Phi) is 5.55. The Balaban J connectivity index is 2.11. The van der Waals surface area contributed by atoms with E-state index in [4.69, 9.17) is 0 Å². The van der Waals surface area contributed by atoms with Crippen LogP contribution >= 0.6 is 11.3 Å². The maximum atomic E-state index is 12.2. The summed E-state index contributed by atoms with van der Waals surface area (Å²) in [5.41, 5.74) is 1.34. The molecule has 134 valence electrons. The van der Waals surface area contributed by atoms with Crippen molar-refractivity contribution in [2.24, 2.45) is 0 Å². The molecule has 7 heteroatoms. The minimum absolute atomic E-state index is 0.0221. The van der Waals surface area contributed by atoms with Gasteiger partial charge in [0.1, 0.15) is 6.10 Å². The largest absolute Gasteiger partial charge is 0.465 e. The molecule has 0 radical (unpaired) electrons. The van der Waals surface area contributed by atoms with Crippen molar-refractivity contribution < 1.29 is 19.8 Å². The summed E-state index contributed by atoms with van der Waals surface area (Å²) in [6, 6.07) is -0.290. The average Bonchev–Trinajstić information content (AvgIpc) is 3.03. The van der Waals surface area contributed by atoms with Crippen LogP contribution in [0.1, 0.15) is 50.8 Å². The van der Waals surface area contributed by atoms with Gasteiger partial charge in [-0.05, 0) is 56.0 Å². The number of likely N-dealkylation sites (tertiary alicyclic amines) is 1. The first-order chi connectivity index (χ1) is 11.1. The zero-order valence-electron chi connectivity index (χ0n) is 14.7. The van der Waals surface area contributed by atoms with Crippen LogP contribution in [-0.4, -0.2) is 56.7 Å². The second-order valence-electron chi connectivity index (χ2n) is 7.25. The maximum Gasteiger partial charge on any atom is 0.407 e. The van der Waals surface area contributed by atoms with Crippen molar-refractivity contribution in [3.8, 4) is 0 Å². The number of aliphatic hydroxyl groups excluding tert-OH is 1. The minimum atomic E-state index is -1.00. The van der Waals surface area contributed by atoms with E-state index in [0.29, 0.717) is 19.4 Å². The first kappa shape index (κ1) is 18.7. The van der Waals surface area contributed by atoms with Gasteiger partial charge in [0.15, 0.2) is 0 Å². The summed E-state index contributed by atoms with van der Waals surface area (Å²) in [6.45, 7) is 7.96. The highest BCUT2D eigenvalue weighted by molar-refractivity contribution is 7.08. The van der Waals surface area contributed by atoms with E-state index in [9.17, 15) is 19.8 Å². The quantitative estimate of drug-likeness (QED) is 0.852. The van der Waals surface area contributed by atoms with Gasteiger partial charge in [-0.1, -0.05) is 0 Å². The predicted octanol–water partition coefficient (Wildman–Crippen LogP) is 2.86. The second kappa shape index (κ2) is 7.11. The van der Waals surface area contributed by atoms with Crippen LogP contribution < -0.4 is 0 Å². The van der Waals surface area contributed by atoms with E-state index in [2.05, 4.69) is 0 Å². The lowest BCUT2D eigenvalue weighted by atomic mass is 10.00. The van der Waals surface area contributed by atoms with Crippen molar-refractivity contribution in [3.63, 3.8) is 0 Å². The number of hydrogen-bond acceptors (Lipinski definition) is 4. The molecule has 2 heterocycles. The van der Waals surface area contributed by atoms with Gasteiger partial charge in [-0.25, -0.2) is 4.79 Å². The molecule has 1 aromatic heterocycles. The molecule has 0 unspecified atom stereocenters. The highest BCUT2D eigenvalue weighted by Crippen LogP contribution is 2.33. The van der Waals surface area contributed by atoms with Crippen LogP contribution in [0.5, 0.6) is 0 Å². The van der Waals surface area contributed by atoms with Gasteiger partial charge in [0.25, 0.3) is 0 Å². The topological polar surface area (TPSA) is 81.1 Å². The number of amides is 2. The zero-order chi connectivity index (χ0) is 18.1. The SMILES string of the molecule is Cc1cscc1[C@@H](O)[C@@H]1CCC(=O)N1CCN(C(=O)O)C(C)(C)C. The number of carbonyl (C=O) groups is 2. The van der Waals surface area contributed by atoms with Crippen molar-refractivity contribution in [1.82, 2.24) is 9.80 Å². The smallest absolute Gasteiger partial charge is 0.407 e. The fraction of sp³-hybridized carbons (Fsp3) is 0.647. The Morgan fingerprint density at radius 3 is 2.62 bits per heavy atom. The number of nitrogens with zero attached hydrogens (tertiary/aromatic N) is 2. The molecule has 0 bridgehead atoms. The molecule has 1 fully saturated rings. The summed E-state index contributed by atoms with van der Waals surface area (Å²) >= 11 is 1.53. The van der Waals surface area contributed by atoms with E-state index in [0.717, 1.165) is 11.1 Å². The molecular weight excluding hydrogens is 328 g/mol. The van der Waals surface area contributed by atoms with Crippen molar-refractivity contribution in [2.75, 3.05) is 13.1 Å². The van der Waals surface area contributed by atoms with E-state index in [1.807, 2.05) is 38.5 Å². The lowest BCUT2D eigenvalue weighted by molar-refractivity contribution is -0.130. The molecule has 6 nitrogen and oxygen atoms in total. The fourth-order valence-corrected chi connectivity index (χ4v) is 4.06. The third-order valence-electron chi connectivity index (χ3n) is 4.56. The lowest BCUT2D eigenvalue weighted by Gasteiger charge is -2.36. The normalized spacial score (nSPS) is 19.6. The number of thiophene rings is 1. The number of hydrogen-bond donors (Lipinski definition) is 2. The molecule has 2 N–H and O–H groups in total. The summed E-state index contributed by atoms with van der Waals surface area (Å²) in [7, 11) is 0. The molecule has 0 aliphatic carbocycles. The molecule has 1 aliphatic rings. The molecule has 1 aliphatic heterocycles. The van der Waals surface area contributed by atoms with E-state index < -0.39 is 17.7 Å². The second-order valence-corrected chi connectivity index (χ2v) is 8.00. The van der Waals surface area contributed by atoms with Crippen LogP contribution in [-0.2, 0) is 4.79 Å². The van der Waals surface area contributed by atoms with Crippen molar-refractivity contribution in [2.45, 2.75) is 58.2 Å². The van der Waals surface area contributed by atoms with Crippen LogP contribution in [0.4, 0.5) is 4.79 Å². The lowest BCUT2D eigenvalue weighted by Crippen LogP contribution is -2.50. The predicted molar refractivity (Wildman–Crippen MR) is 93.2 cm³/mol. The van der Waals surface area contributed by atoms with Crippen LogP contribution in [0.2, 0.25) is 0 Å². The number of aliphatic hydroxyl groups is 1. The average molecular weight is 354 g/mol. The Bertz CT molecular complexity index is 608. The molecule has 0 spiro atoms. The highest BCUT2D eigenvalue weighted by atomic mass is 32.1. The van der Waals surface area contributed by atoms with Gasteiger partial charge in [-0.15, -0.1) is 0 Å². The van der Waals surface area contributed by atoms with Crippen molar-refractivity contribution in [3.05, 3.63) is 21.9 Å². The fourth-order valence-electron chi connectivity index (χ4n) is 3.18. The van der Waals surface area contributed by atoms with Gasteiger partial charge in [-0.3, -0.25) is 4.79 Å². The van der Waals surface area contributed by atoms with Gasteiger partial charge in [0.05, 0.1) is 6.04 Å². The monoisotopic (exact) mass is 354 g/mol. The summed E-state index contributed by atoms with van der Waals surface area (Å²) < 4.78 is 0. The van der Waals surface area contributed by atoms with Gasteiger partial charge in [-0.2, -0.15) is 11.3 Å². The molecule has 2 rings (SSSR count). The van der Waals surface area contributed by atoms with Crippen LogP contribution in [0, 0.1) is 6.92 Å². The van der Waals surface area contributed by atoms with E-state index in [1.165, 1.54) is 16.2 Å². The summed E-state index contributed by atoms with van der Waals surface area (Å²) in [5.74, 6) is -0.0221. The summed E-state index contributed by atoms with van der Waals surface area (Å²) in [5, 5.41) is 24.0. The first-order valence-corrected chi connectivity index (χ1v) is 9.08. The Hall–Kier alpha value is -1.60. The van der Waals surface area contributed by atoms with Crippen molar-refractivity contribution >= 4 is 23.3 Å². The molecule has 0 saturated carbocycles. The van der Waals surface area contributed by atoms with E-state index >= 15 is 0 Å². The van der Waals surface area contributed by atoms with Gasteiger partial charge >= 0.3 is 6.09 Å². The van der Waals surface area contributed by atoms with Crippen LogP contribution in [0.25, 0.3) is 0 Å². The third kappa shape index (κ3) is 3.89. The molecule has 2 amide bonds. The van der Waals surface area contributed by atoms with E-state index in [1.54, 1.807) is 4.90 Å². The number of carboxylic acid groups (broad SMARTS) is 1.